The number of carbonyl (C=O) groups excluding carboxylic acids is 3. The van der Waals surface area contributed by atoms with Gasteiger partial charge in [0, 0.05) is 43.7 Å². The molecule has 0 aromatic heterocycles. The Morgan fingerprint density at radius 2 is 1.77 bits per heavy atom. The van der Waals surface area contributed by atoms with Gasteiger partial charge in [0.25, 0.3) is 5.69 Å². The highest BCUT2D eigenvalue weighted by Gasteiger charge is 2.38. The number of hydrogen-bond acceptors (Lipinski definition) is 6. The summed E-state index contributed by atoms with van der Waals surface area (Å²) in [6.07, 6.45) is 1.18. The average molecular weight is 481 g/mol. The van der Waals surface area contributed by atoms with Gasteiger partial charge < -0.3 is 19.9 Å². The van der Waals surface area contributed by atoms with Gasteiger partial charge in [0.15, 0.2) is 0 Å². The third kappa shape index (κ3) is 5.26. The molecule has 35 heavy (non-hydrogen) atoms. The first kappa shape index (κ1) is 24.2. The van der Waals surface area contributed by atoms with E-state index >= 15 is 0 Å². The summed E-state index contributed by atoms with van der Waals surface area (Å²) in [4.78, 5) is 52.3. The van der Waals surface area contributed by atoms with Crippen LogP contribution in [-0.2, 0) is 14.4 Å². The van der Waals surface area contributed by atoms with Crippen LogP contribution in [0.3, 0.4) is 0 Å². The Hall–Kier alpha value is -3.95. The van der Waals surface area contributed by atoms with Gasteiger partial charge in [-0.15, -0.1) is 0 Å². The number of nitro benzene ring substituents is 1. The van der Waals surface area contributed by atoms with Crippen molar-refractivity contribution < 1.29 is 24.0 Å². The topological polar surface area (TPSA) is 122 Å². The monoisotopic (exact) mass is 480 g/mol. The maximum Gasteiger partial charge on any atom is 0.273 e. The fourth-order valence-electron chi connectivity index (χ4n) is 4.60. The Morgan fingerprint density at radius 3 is 2.40 bits per heavy atom. The van der Waals surface area contributed by atoms with Crippen molar-refractivity contribution in [2.75, 3.05) is 37.0 Å². The number of aryl methyl sites for hydroxylation is 1. The molecule has 10 nitrogen and oxygen atoms in total. The van der Waals surface area contributed by atoms with E-state index in [0.29, 0.717) is 38.2 Å². The first-order chi connectivity index (χ1) is 16.8. The van der Waals surface area contributed by atoms with Crippen LogP contribution in [0.5, 0.6) is 5.75 Å². The number of piperidine rings is 1. The zero-order valence-electron chi connectivity index (χ0n) is 19.7. The SMILES string of the molecule is COc1cc([N+](=O)[O-])ccc1NC(=O)C1CCN(C(=O)C2CC(=O)N(c3ccc(C)cc3)C2)CC1. The summed E-state index contributed by atoms with van der Waals surface area (Å²) >= 11 is 0. The molecule has 2 heterocycles. The molecular weight excluding hydrogens is 452 g/mol. The van der Waals surface area contributed by atoms with E-state index in [1.807, 2.05) is 31.2 Å². The van der Waals surface area contributed by atoms with Crippen LogP contribution in [0.4, 0.5) is 17.1 Å². The second-order valence-corrected chi connectivity index (χ2v) is 8.97. The second-order valence-electron chi connectivity index (χ2n) is 8.97. The summed E-state index contributed by atoms with van der Waals surface area (Å²) in [5, 5.41) is 13.7. The lowest BCUT2D eigenvalue weighted by atomic mass is 9.94. The number of non-ortho nitro benzene ring substituents is 1. The number of hydrogen-bond donors (Lipinski definition) is 1. The van der Waals surface area contributed by atoms with Gasteiger partial charge in [0.05, 0.1) is 29.7 Å². The van der Waals surface area contributed by atoms with Crippen LogP contribution in [0, 0.1) is 28.9 Å². The van der Waals surface area contributed by atoms with Gasteiger partial charge in [-0.1, -0.05) is 17.7 Å². The summed E-state index contributed by atoms with van der Waals surface area (Å²) in [5.74, 6) is -0.802. The molecule has 2 fully saturated rings. The molecule has 10 heteroatoms. The summed E-state index contributed by atoms with van der Waals surface area (Å²) in [6, 6.07) is 11.7. The van der Waals surface area contributed by atoms with Crippen molar-refractivity contribution in [1.29, 1.82) is 0 Å². The first-order valence-corrected chi connectivity index (χ1v) is 11.6. The fraction of sp³-hybridized carbons (Fsp3) is 0.400. The molecule has 2 aromatic rings. The van der Waals surface area contributed by atoms with Crippen molar-refractivity contribution in [3.8, 4) is 5.75 Å². The summed E-state index contributed by atoms with van der Waals surface area (Å²) in [6.45, 7) is 3.21. The lowest BCUT2D eigenvalue weighted by Crippen LogP contribution is -2.44. The van der Waals surface area contributed by atoms with Crippen molar-refractivity contribution in [1.82, 2.24) is 4.90 Å². The molecule has 2 aliphatic rings. The van der Waals surface area contributed by atoms with Gasteiger partial charge in [-0.05, 0) is 38.0 Å². The van der Waals surface area contributed by atoms with E-state index in [9.17, 15) is 24.5 Å². The maximum atomic E-state index is 13.1. The highest BCUT2D eigenvalue weighted by Crippen LogP contribution is 2.31. The minimum absolute atomic E-state index is 0.0520. The molecule has 1 atom stereocenters. The maximum absolute atomic E-state index is 13.1. The molecule has 2 aromatic carbocycles. The molecule has 0 aliphatic carbocycles. The quantitative estimate of drug-likeness (QED) is 0.501. The van der Waals surface area contributed by atoms with E-state index in [1.54, 1.807) is 9.80 Å². The van der Waals surface area contributed by atoms with Crippen molar-refractivity contribution in [2.45, 2.75) is 26.2 Å². The third-order valence-corrected chi connectivity index (χ3v) is 6.65. The molecule has 1 N–H and O–H groups in total. The zero-order valence-corrected chi connectivity index (χ0v) is 19.7. The molecule has 2 saturated heterocycles. The number of nitro groups is 1. The van der Waals surface area contributed by atoms with Crippen LogP contribution in [0.2, 0.25) is 0 Å². The molecule has 3 amide bonds. The van der Waals surface area contributed by atoms with Crippen LogP contribution in [0.15, 0.2) is 42.5 Å². The molecule has 1 unspecified atom stereocenters. The predicted molar refractivity (Wildman–Crippen MR) is 129 cm³/mol. The van der Waals surface area contributed by atoms with Gasteiger partial charge in [0.2, 0.25) is 17.7 Å². The smallest absolute Gasteiger partial charge is 0.273 e. The lowest BCUT2D eigenvalue weighted by molar-refractivity contribution is -0.384. The van der Waals surface area contributed by atoms with Gasteiger partial charge in [-0.3, -0.25) is 24.5 Å². The fourth-order valence-corrected chi connectivity index (χ4v) is 4.60. The van der Waals surface area contributed by atoms with Crippen molar-refractivity contribution in [3.05, 3.63) is 58.1 Å². The largest absolute Gasteiger partial charge is 0.494 e. The van der Waals surface area contributed by atoms with E-state index in [4.69, 9.17) is 4.74 Å². The minimum atomic E-state index is -0.529. The molecule has 0 radical (unpaired) electrons. The van der Waals surface area contributed by atoms with Gasteiger partial charge in [-0.2, -0.15) is 0 Å². The van der Waals surface area contributed by atoms with Crippen molar-refractivity contribution >= 4 is 34.8 Å². The molecule has 184 valence electrons. The molecule has 2 aliphatic heterocycles. The summed E-state index contributed by atoms with van der Waals surface area (Å²) in [5.41, 5.74) is 2.14. The van der Waals surface area contributed by atoms with Gasteiger partial charge in [-0.25, -0.2) is 0 Å². The Labute approximate surface area is 203 Å². The Kier molecular flexibility index (Phi) is 6.99. The molecule has 0 spiro atoms. The van der Waals surface area contributed by atoms with Crippen LogP contribution in [0.25, 0.3) is 0 Å². The van der Waals surface area contributed by atoms with Crippen molar-refractivity contribution in [2.24, 2.45) is 11.8 Å². The predicted octanol–water partition coefficient (Wildman–Crippen LogP) is 3.14. The molecule has 4 rings (SSSR count). The van der Waals surface area contributed by atoms with E-state index in [2.05, 4.69) is 5.32 Å². The van der Waals surface area contributed by atoms with Crippen molar-refractivity contribution in [3.63, 3.8) is 0 Å². The Morgan fingerprint density at radius 1 is 1.09 bits per heavy atom. The normalized spacial score (nSPS) is 18.5. The standard InChI is InChI=1S/C25H28N4O6/c1-16-3-5-19(6-4-16)28-15-18(13-23(28)30)25(32)27-11-9-17(10-12-27)24(31)26-21-8-7-20(29(33)34)14-22(21)35-2/h3-8,14,17-18H,9-13,15H2,1-2H3,(H,26,31). The zero-order chi connectivity index (χ0) is 25.1. The number of methoxy groups -OCH3 is 1. The number of amides is 3. The first-order valence-electron chi connectivity index (χ1n) is 11.6. The number of anilines is 2. The number of nitrogens with zero attached hydrogens (tertiary/aromatic N) is 3. The Balaban J connectivity index is 1.32. The highest BCUT2D eigenvalue weighted by atomic mass is 16.6. The van der Waals surface area contributed by atoms with E-state index in [0.717, 1.165) is 11.3 Å². The van der Waals surface area contributed by atoms with Crippen LogP contribution < -0.4 is 15.0 Å². The number of carbonyl (C=O) groups is 3. The third-order valence-electron chi connectivity index (χ3n) is 6.65. The number of ether oxygens (including phenoxy) is 1. The number of nitrogens with one attached hydrogen (secondary N) is 1. The van der Waals surface area contributed by atoms with E-state index in [1.165, 1.54) is 25.3 Å². The van der Waals surface area contributed by atoms with E-state index < -0.39 is 10.8 Å². The van der Waals surface area contributed by atoms with Crippen LogP contribution in [0.1, 0.15) is 24.8 Å². The highest BCUT2D eigenvalue weighted by molar-refractivity contribution is 6.00. The summed E-state index contributed by atoms with van der Waals surface area (Å²) < 4.78 is 5.18. The van der Waals surface area contributed by atoms with Gasteiger partial charge in [0.1, 0.15) is 5.75 Å². The van der Waals surface area contributed by atoms with Crippen LogP contribution >= 0.6 is 0 Å². The average Bonchev–Trinajstić information content (AvgIpc) is 3.25. The number of likely N-dealkylation sites (tertiary alicyclic amines) is 1. The number of benzene rings is 2. The lowest BCUT2D eigenvalue weighted by Gasteiger charge is -2.33. The minimum Gasteiger partial charge on any atom is -0.494 e. The number of rotatable bonds is 6. The summed E-state index contributed by atoms with van der Waals surface area (Å²) in [7, 11) is 1.38. The molecule has 0 saturated carbocycles. The molecule has 0 bridgehead atoms. The van der Waals surface area contributed by atoms with Crippen LogP contribution in [-0.4, -0.2) is 54.3 Å². The molecular formula is C25H28N4O6. The second kappa shape index (κ2) is 10.1. The Bertz CT molecular complexity index is 1140. The van der Waals surface area contributed by atoms with Gasteiger partial charge >= 0.3 is 0 Å². The van der Waals surface area contributed by atoms with E-state index in [-0.39, 0.29) is 41.5 Å².